The van der Waals surface area contributed by atoms with Gasteiger partial charge in [0.1, 0.15) is 0 Å². The number of rotatable bonds is 2. The second-order valence-corrected chi connectivity index (χ2v) is 5.38. The summed E-state index contributed by atoms with van der Waals surface area (Å²) in [6, 6.07) is 0. The highest BCUT2D eigenvalue weighted by molar-refractivity contribution is 5.53. The lowest BCUT2D eigenvalue weighted by Crippen LogP contribution is -1.81. The summed E-state index contributed by atoms with van der Waals surface area (Å²) in [7, 11) is 0. The van der Waals surface area contributed by atoms with Crippen LogP contribution in [-0.4, -0.2) is 32.7 Å². The van der Waals surface area contributed by atoms with Crippen molar-refractivity contribution >= 4 is 12.3 Å². The highest BCUT2D eigenvalue weighted by Gasteiger charge is 1.71. The maximum atomic E-state index is 8.56. The van der Waals surface area contributed by atoms with Crippen LogP contribution in [0, 0.1) is 11.8 Å². The SMILES string of the molecule is C.CC(C)C.CC(C)C.CCCCC.O=C(O)O.O=C(O)O. The van der Waals surface area contributed by atoms with Gasteiger partial charge >= 0.3 is 12.3 Å². The van der Waals surface area contributed by atoms with Crippen LogP contribution in [0.1, 0.15) is 82.1 Å². The molecule has 0 aromatic heterocycles. The first-order valence-corrected chi connectivity index (χ1v) is 7.18. The highest BCUT2D eigenvalue weighted by atomic mass is 16.6. The van der Waals surface area contributed by atoms with Gasteiger partial charge in [-0.1, -0.05) is 82.1 Å². The molecule has 0 atom stereocenters. The third-order valence-corrected chi connectivity index (χ3v) is 0.707. The van der Waals surface area contributed by atoms with E-state index in [1.165, 1.54) is 19.3 Å². The zero-order valence-corrected chi connectivity index (χ0v) is 14.9. The van der Waals surface area contributed by atoms with E-state index in [-0.39, 0.29) is 7.43 Å². The lowest BCUT2D eigenvalue weighted by atomic mass is 10.3. The standard InChI is InChI=1S/C5H12.2C4H10.2CH2O3.CH4/c1-3-5-4-2;2*1-4(2)3;2*2-1(3)4;/h3-5H2,1-2H3;2*4H,1-3H3;2*(H2,2,3,4);1H4. The van der Waals surface area contributed by atoms with Gasteiger partial charge in [0.15, 0.2) is 0 Å². The highest BCUT2D eigenvalue weighted by Crippen LogP contribution is 1.88. The van der Waals surface area contributed by atoms with Crippen molar-refractivity contribution in [3.8, 4) is 0 Å². The van der Waals surface area contributed by atoms with Gasteiger partial charge in [0.2, 0.25) is 0 Å². The Bertz CT molecular complexity index is 158. The average Bonchev–Trinajstić information content (AvgIpc) is 2.14. The van der Waals surface area contributed by atoms with E-state index < -0.39 is 12.3 Å². The fourth-order valence-electron chi connectivity index (χ4n) is 0.354. The van der Waals surface area contributed by atoms with Crippen LogP contribution in [0.25, 0.3) is 0 Å². The predicted molar refractivity (Wildman–Crippen MR) is 94.3 cm³/mol. The minimum atomic E-state index is -1.83. The third kappa shape index (κ3) is 19600. The molecule has 0 amide bonds. The molecule has 0 aliphatic rings. The van der Waals surface area contributed by atoms with E-state index in [1.54, 1.807) is 0 Å². The maximum absolute atomic E-state index is 8.56. The number of carbonyl (C=O) groups is 2. The fraction of sp³-hybridized carbons (Fsp3) is 0.875. The molecule has 0 bridgehead atoms. The first-order chi connectivity index (χ1) is 9.34. The van der Waals surface area contributed by atoms with Crippen molar-refractivity contribution in [3.63, 3.8) is 0 Å². The van der Waals surface area contributed by atoms with Crippen LogP contribution in [0.4, 0.5) is 9.59 Å². The summed E-state index contributed by atoms with van der Waals surface area (Å²) >= 11 is 0. The molecule has 0 saturated heterocycles. The van der Waals surface area contributed by atoms with E-state index in [1.807, 2.05) is 0 Å². The van der Waals surface area contributed by atoms with Gasteiger partial charge in [0.05, 0.1) is 0 Å². The van der Waals surface area contributed by atoms with Gasteiger partial charge in [-0.15, -0.1) is 0 Å². The van der Waals surface area contributed by atoms with Crippen molar-refractivity contribution in [2.24, 2.45) is 11.8 Å². The van der Waals surface area contributed by atoms with Gasteiger partial charge in [-0.2, -0.15) is 0 Å². The van der Waals surface area contributed by atoms with Gasteiger partial charge < -0.3 is 20.4 Å². The van der Waals surface area contributed by atoms with E-state index in [0.717, 1.165) is 11.8 Å². The Hall–Kier alpha value is -1.46. The Balaban J connectivity index is -0.0000000361. The monoisotopic (exact) mass is 328 g/mol. The Morgan fingerprint density at radius 3 is 0.773 bits per heavy atom. The molecule has 22 heavy (non-hydrogen) atoms. The van der Waals surface area contributed by atoms with Crippen LogP contribution in [-0.2, 0) is 0 Å². The van der Waals surface area contributed by atoms with E-state index >= 15 is 0 Å². The Morgan fingerprint density at radius 2 is 0.773 bits per heavy atom. The van der Waals surface area contributed by atoms with Gasteiger partial charge in [-0.3, -0.25) is 0 Å². The zero-order valence-electron chi connectivity index (χ0n) is 14.9. The molecule has 0 aliphatic heterocycles. The van der Waals surface area contributed by atoms with Crippen molar-refractivity contribution in [3.05, 3.63) is 0 Å². The fourth-order valence-corrected chi connectivity index (χ4v) is 0.354. The van der Waals surface area contributed by atoms with E-state index in [9.17, 15) is 0 Å². The second-order valence-electron chi connectivity index (χ2n) is 5.38. The lowest BCUT2D eigenvalue weighted by Gasteiger charge is -1.79. The summed E-state index contributed by atoms with van der Waals surface area (Å²) in [5, 5.41) is 27.9. The van der Waals surface area contributed by atoms with E-state index in [4.69, 9.17) is 30.0 Å². The molecule has 140 valence electrons. The van der Waals surface area contributed by atoms with Gasteiger partial charge in [-0.05, 0) is 11.8 Å². The van der Waals surface area contributed by atoms with Crippen LogP contribution in [0.2, 0.25) is 0 Å². The molecule has 6 heteroatoms. The third-order valence-electron chi connectivity index (χ3n) is 0.707. The normalized spacial score (nSPS) is 7.36. The van der Waals surface area contributed by atoms with Crippen LogP contribution in [0.5, 0.6) is 0 Å². The minimum absolute atomic E-state index is 0. The molecule has 0 radical (unpaired) electrons. The predicted octanol–water partition coefficient (Wildman–Crippen LogP) is 6.60. The second kappa shape index (κ2) is 36.6. The number of carboxylic acid groups (broad SMARTS) is 4. The lowest BCUT2D eigenvalue weighted by molar-refractivity contribution is 0.135. The van der Waals surface area contributed by atoms with Crippen molar-refractivity contribution in [2.75, 3.05) is 0 Å². The first kappa shape index (κ1) is 37.1. The molecule has 6 nitrogen and oxygen atoms in total. The van der Waals surface area contributed by atoms with Gasteiger partial charge in [0.25, 0.3) is 0 Å². The largest absolute Gasteiger partial charge is 0.503 e. The summed E-state index contributed by atoms with van der Waals surface area (Å²) in [5.41, 5.74) is 0. The first-order valence-electron chi connectivity index (χ1n) is 7.18. The zero-order chi connectivity index (χ0) is 18.4. The topological polar surface area (TPSA) is 115 Å². The molecule has 0 unspecified atom stereocenters. The van der Waals surface area contributed by atoms with Crippen LogP contribution < -0.4 is 0 Å². The molecule has 0 saturated carbocycles. The Labute approximate surface area is 137 Å². The Kier molecular flexibility index (Phi) is 61.8. The molecule has 0 rings (SSSR count). The van der Waals surface area contributed by atoms with Crippen LogP contribution in [0.15, 0.2) is 0 Å². The molecule has 0 fully saturated rings. The number of hydrogen-bond acceptors (Lipinski definition) is 2. The summed E-state index contributed by atoms with van der Waals surface area (Å²) in [4.78, 5) is 17.1. The molecule has 4 N–H and O–H groups in total. The maximum Gasteiger partial charge on any atom is 0.503 e. The van der Waals surface area contributed by atoms with Crippen LogP contribution >= 0.6 is 0 Å². The number of unbranched alkanes of at least 4 members (excludes halogenated alkanes) is 2. The van der Waals surface area contributed by atoms with Crippen molar-refractivity contribution in [2.45, 2.75) is 82.1 Å². The molecule has 0 aromatic rings. The van der Waals surface area contributed by atoms with Gasteiger partial charge in [-0.25, -0.2) is 9.59 Å². The van der Waals surface area contributed by atoms with E-state index in [2.05, 4.69) is 55.4 Å². The summed E-state index contributed by atoms with van der Waals surface area (Å²) in [5.74, 6) is 1.67. The molecule has 0 aromatic carbocycles. The van der Waals surface area contributed by atoms with Crippen LogP contribution in [0.3, 0.4) is 0 Å². The molecule has 0 spiro atoms. The molecular weight excluding hydrogens is 288 g/mol. The minimum Gasteiger partial charge on any atom is -0.450 e. The summed E-state index contributed by atoms with van der Waals surface area (Å²) in [6.07, 6.45) is 0.410. The van der Waals surface area contributed by atoms with Crippen molar-refractivity contribution < 1.29 is 30.0 Å². The van der Waals surface area contributed by atoms with Crippen molar-refractivity contribution in [1.82, 2.24) is 0 Å². The average molecular weight is 328 g/mol. The van der Waals surface area contributed by atoms with Gasteiger partial charge in [0, 0.05) is 0 Å². The quantitative estimate of drug-likeness (QED) is 0.453. The molecular formula is C16H40O6. The smallest absolute Gasteiger partial charge is 0.450 e. The molecule has 0 heterocycles. The number of hydrogen-bond donors (Lipinski definition) is 4. The summed E-state index contributed by atoms with van der Waals surface area (Å²) < 4.78 is 0. The van der Waals surface area contributed by atoms with E-state index in [0.29, 0.717) is 0 Å². The Morgan fingerprint density at radius 1 is 0.682 bits per heavy atom. The summed E-state index contributed by atoms with van der Waals surface area (Å²) in [6.45, 7) is 17.4. The molecule has 0 aliphatic carbocycles. The van der Waals surface area contributed by atoms with Crippen molar-refractivity contribution in [1.29, 1.82) is 0 Å².